The Bertz CT molecular complexity index is 2110. The SMILES string of the molecule is O=C(OC[C@H]1O[C@@H](Oc2ccc(O)cc2COC(=O)[C@@]2(O)[C@H](O)C=CC(=O)[C@@H]2OC(=O)c2ccccc2)[C@H](OC(=O)c2ccccc2)[C@@H](O)[C@@H]1O)c1ccccc1. The number of phenolic OH excluding ortho intramolecular Hbond substituents is 1. The van der Waals surface area contributed by atoms with Crippen molar-refractivity contribution >= 4 is 29.7 Å². The lowest BCUT2D eigenvalue weighted by Gasteiger charge is -2.41. The number of hydrogen-bond donors (Lipinski definition) is 5. The summed E-state index contributed by atoms with van der Waals surface area (Å²) in [5.74, 6) is -5.98. The van der Waals surface area contributed by atoms with Crippen LogP contribution >= 0.6 is 0 Å². The second kappa shape index (κ2) is 17.6. The van der Waals surface area contributed by atoms with Crippen LogP contribution in [0.5, 0.6) is 11.5 Å². The fourth-order valence-electron chi connectivity index (χ4n) is 5.94. The van der Waals surface area contributed by atoms with Gasteiger partial charge in [0.2, 0.25) is 18.0 Å². The van der Waals surface area contributed by atoms with Crippen LogP contribution in [0.1, 0.15) is 36.6 Å². The first-order chi connectivity index (χ1) is 27.4. The van der Waals surface area contributed by atoms with E-state index in [4.69, 9.17) is 28.4 Å². The van der Waals surface area contributed by atoms with Crippen LogP contribution in [0.4, 0.5) is 0 Å². The summed E-state index contributed by atoms with van der Waals surface area (Å²) in [6.07, 6.45) is -11.2. The van der Waals surface area contributed by atoms with Crippen LogP contribution < -0.4 is 4.74 Å². The number of rotatable bonds is 12. The average molecular weight is 785 g/mol. The van der Waals surface area contributed by atoms with Crippen molar-refractivity contribution in [3.8, 4) is 11.5 Å². The van der Waals surface area contributed by atoms with Crippen molar-refractivity contribution in [3.05, 3.63) is 144 Å². The zero-order chi connectivity index (χ0) is 40.7. The lowest BCUT2D eigenvalue weighted by Crippen LogP contribution is -2.63. The van der Waals surface area contributed by atoms with Crippen molar-refractivity contribution in [2.24, 2.45) is 0 Å². The van der Waals surface area contributed by atoms with E-state index in [-0.39, 0.29) is 33.8 Å². The molecule has 0 aromatic heterocycles. The third-order valence-corrected chi connectivity index (χ3v) is 9.04. The van der Waals surface area contributed by atoms with Gasteiger partial charge in [-0.2, -0.15) is 0 Å². The molecule has 6 rings (SSSR count). The highest BCUT2D eigenvalue weighted by Crippen LogP contribution is 2.33. The highest BCUT2D eigenvalue weighted by atomic mass is 16.7. The number of aromatic hydroxyl groups is 1. The van der Waals surface area contributed by atoms with E-state index in [9.17, 15) is 49.5 Å². The van der Waals surface area contributed by atoms with Crippen LogP contribution in [0.25, 0.3) is 0 Å². The van der Waals surface area contributed by atoms with Crippen molar-refractivity contribution in [1.82, 2.24) is 0 Å². The molecular weight excluding hydrogens is 748 g/mol. The molecule has 16 nitrogen and oxygen atoms in total. The Labute approximate surface area is 324 Å². The summed E-state index contributed by atoms with van der Waals surface area (Å²) in [5.41, 5.74) is -2.99. The number of ketones is 1. The normalized spacial score (nSPS) is 25.5. The largest absolute Gasteiger partial charge is 0.508 e. The van der Waals surface area contributed by atoms with Gasteiger partial charge in [0.1, 0.15) is 49.1 Å². The summed E-state index contributed by atoms with van der Waals surface area (Å²) in [4.78, 5) is 65.0. The Morgan fingerprint density at radius 3 is 1.86 bits per heavy atom. The topological polar surface area (TPSA) is 242 Å². The fourth-order valence-corrected chi connectivity index (χ4v) is 5.94. The molecule has 4 aromatic rings. The van der Waals surface area contributed by atoms with E-state index in [2.05, 4.69) is 0 Å². The number of carbonyl (C=O) groups excluding carboxylic acids is 5. The van der Waals surface area contributed by atoms with Crippen molar-refractivity contribution in [1.29, 1.82) is 0 Å². The first-order valence-corrected chi connectivity index (χ1v) is 17.4. The highest BCUT2D eigenvalue weighted by molar-refractivity contribution is 6.03. The maximum absolute atomic E-state index is 13.5. The molecule has 1 heterocycles. The van der Waals surface area contributed by atoms with Gasteiger partial charge in [0.25, 0.3) is 0 Å². The molecule has 0 spiro atoms. The van der Waals surface area contributed by atoms with Gasteiger partial charge in [0.05, 0.1) is 16.7 Å². The molecule has 0 saturated carbocycles. The molecule has 0 radical (unpaired) electrons. The maximum atomic E-state index is 13.5. The molecular formula is C41H36O16. The molecule has 0 unspecified atom stereocenters. The minimum atomic E-state index is -3.12. The molecule has 57 heavy (non-hydrogen) atoms. The van der Waals surface area contributed by atoms with Crippen LogP contribution in [0, 0.1) is 0 Å². The number of benzene rings is 4. The van der Waals surface area contributed by atoms with Crippen LogP contribution in [0.3, 0.4) is 0 Å². The quantitative estimate of drug-likeness (QED) is 0.102. The van der Waals surface area contributed by atoms with E-state index in [0.717, 1.165) is 18.2 Å². The van der Waals surface area contributed by atoms with Crippen LogP contribution in [-0.2, 0) is 39.9 Å². The van der Waals surface area contributed by atoms with Gasteiger partial charge in [-0.15, -0.1) is 0 Å². The Morgan fingerprint density at radius 2 is 1.26 bits per heavy atom. The van der Waals surface area contributed by atoms with E-state index < -0.39 is 91.4 Å². The monoisotopic (exact) mass is 784 g/mol. The van der Waals surface area contributed by atoms with Crippen LogP contribution in [-0.4, -0.2) is 110 Å². The molecule has 296 valence electrons. The number of hydrogen-bond acceptors (Lipinski definition) is 16. The van der Waals surface area contributed by atoms with Gasteiger partial charge >= 0.3 is 23.9 Å². The minimum absolute atomic E-state index is 0.0153. The molecule has 0 bridgehead atoms. The van der Waals surface area contributed by atoms with Crippen LogP contribution in [0.2, 0.25) is 0 Å². The molecule has 1 aliphatic carbocycles. The standard InChI is InChI=1S/C41H36O16/c42-27-16-18-29(26(20-27)21-53-40(50)41(51)31(44)19-17-28(43)35(41)57-38(49)25-14-8-3-9-15-25)54-39-34(56-37(48)24-12-6-2-7-13-24)33(46)32(45)30(55-39)22-52-36(47)23-10-4-1-5-11-23/h1-20,30-35,39,42,44-46,51H,21-22H2/t30-,31-,32-,33+,34-,35+,39-,41-/m1/s1. The number of aliphatic hydroxyl groups is 4. The van der Waals surface area contributed by atoms with Gasteiger partial charge < -0.3 is 54.0 Å². The van der Waals surface area contributed by atoms with Gasteiger partial charge in [-0.25, -0.2) is 19.2 Å². The number of aliphatic hydroxyl groups excluding tert-OH is 3. The third-order valence-electron chi connectivity index (χ3n) is 9.04. The lowest BCUT2D eigenvalue weighted by molar-refractivity contribution is -0.276. The van der Waals surface area contributed by atoms with Gasteiger partial charge in [-0.05, 0) is 66.7 Å². The van der Waals surface area contributed by atoms with Crippen LogP contribution in [0.15, 0.2) is 121 Å². The molecule has 1 aliphatic heterocycles. The maximum Gasteiger partial charge on any atom is 0.346 e. The van der Waals surface area contributed by atoms with E-state index in [0.29, 0.717) is 0 Å². The third kappa shape index (κ3) is 9.01. The van der Waals surface area contributed by atoms with Gasteiger partial charge in [-0.1, -0.05) is 54.6 Å². The second-order valence-corrected chi connectivity index (χ2v) is 12.9. The second-order valence-electron chi connectivity index (χ2n) is 12.9. The van der Waals surface area contributed by atoms with E-state index in [1.54, 1.807) is 42.5 Å². The molecule has 8 atom stereocenters. The Kier molecular flexibility index (Phi) is 12.4. The summed E-state index contributed by atoms with van der Waals surface area (Å²) in [7, 11) is 0. The van der Waals surface area contributed by atoms with E-state index in [1.165, 1.54) is 60.7 Å². The molecule has 1 fully saturated rings. The summed E-state index contributed by atoms with van der Waals surface area (Å²) in [6.45, 7) is -1.41. The zero-order valence-electron chi connectivity index (χ0n) is 29.7. The van der Waals surface area contributed by atoms with Crippen molar-refractivity contribution in [2.75, 3.05) is 6.61 Å². The predicted molar refractivity (Wildman–Crippen MR) is 192 cm³/mol. The molecule has 1 saturated heterocycles. The summed E-state index contributed by atoms with van der Waals surface area (Å²) >= 11 is 0. The average Bonchev–Trinajstić information content (AvgIpc) is 3.23. The number of phenols is 1. The Morgan fingerprint density at radius 1 is 0.702 bits per heavy atom. The summed E-state index contributed by atoms with van der Waals surface area (Å²) in [6, 6.07) is 26.4. The van der Waals surface area contributed by atoms with Crippen molar-refractivity contribution in [2.45, 2.75) is 55.1 Å². The van der Waals surface area contributed by atoms with Gasteiger partial charge in [-0.3, -0.25) is 4.79 Å². The predicted octanol–water partition coefficient (Wildman–Crippen LogP) is 1.80. The zero-order valence-corrected chi connectivity index (χ0v) is 29.7. The lowest BCUT2D eigenvalue weighted by atomic mass is 9.83. The molecule has 5 N–H and O–H groups in total. The molecule has 0 amide bonds. The Hall–Kier alpha value is -6.43. The highest BCUT2D eigenvalue weighted by Gasteiger charge is 2.58. The first kappa shape index (κ1) is 40.2. The molecule has 16 heteroatoms. The number of carbonyl (C=O) groups is 5. The summed E-state index contributed by atoms with van der Waals surface area (Å²) in [5, 5.41) is 54.8. The molecule has 4 aromatic carbocycles. The van der Waals surface area contributed by atoms with Crippen molar-refractivity contribution in [3.63, 3.8) is 0 Å². The van der Waals surface area contributed by atoms with Crippen molar-refractivity contribution < 1.29 is 77.9 Å². The number of ether oxygens (including phenoxy) is 6. The Balaban J connectivity index is 1.23. The number of esters is 4. The summed E-state index contributed by atoms with van der Waals surface area (Å²) < 4.78 is 33.4. The van der Waals surface area contributed by atoms with E-state index in [1.807, 2.05) is 0 Å². The van der Waals surface area contributed by atoms with E-state index >= 15 is 0 Å². The first-order valence-electron chi connectivity index (χ1n) is 17.4. The van der Waals surface area contributed by atoms with Gasteiger partial charge in [0.15, 0.2) is 11.9 Å². The smallest absolute Gasteiger partial charge is 0.346 e. The molecule has 2 aliphatic rings. The van der Waals surface area contributed by atoms with Gasteiger partial charge in [0, 0.05) is 5.56 Å². The fraction of sp³-hybridized carbons (Fsp3) is 0.244. The minimum Gasteiger partial charge on any atom is -0.508 e.